The Morgan fingerprint density at radius 3 is 2.52 bits per heavy atom. The molecule has 3 aromatic rings. The van der Waals surface area contributed by atoms with Gasteiger partial charge in [0, 0.05) is 17.5 Å². The number of hydrogen-bond donors (Lipinski definition) is 0. The molecule has 0 aliphatic carbocycles. The topological polar surface area (TPSA) is 50.5 Å². The van der Waals surface area contributed by atoms with Crippen LogP contribution in [0.3, 0.4) is 0 Å². The van der Waals surface area contributed by atoms with Crippen molar-refractivity contribution in [3.63, 3.8) is 0 Å². The Hall–Kier alpha value is -2.08. The van der Waals surface area contributed by atoms with E-state index in [1.807, 2.05) is 55.2 Å². The standard InChI is InChI=1S/C19H24N4OS/c1-12(2)22(13(3)4)18(24)11-25-19-21-20-17-10-14(5)15-8-6-7-9-16(15)23(17)19/h6-10,12-13H,11H2,1-5H3. The van der Waals surface area contributed by atoms with Crippen molar-refractivity contribution < 1.29 is 4.79 Å². The highest BCUT2D eigenvalue weighted by Crippen LogP contribution is 2.26. The summed E-state index contributed by atoms with van der Waals surface area (Å²) in [6.45, 7) is 10.3. The van der Waals surface area contributed by atoms with E-state index in [1.54, 1.807) is 0 Å². The molecule has 0 atom stereocenters. The Morgan fingerprint density at radius 2 is 1.84 bits per heavy atom. The van der Waals surface area contributed by atoms with Crippen LogP contribution in [0.15, 0.2) is 35.5 Å². The lowest BCUT2D eigenvalue weighted by Gasteiger charge is -2.30. The van der Waals surface area contributed by atoms with Crippen molar-refractivity contribution >= 4 is 34.2 Å². The molecule has 2 heterocycles. The van der Waals surface area contributed by atoms with E-state index >= 15 is 0 Å². The van der Waals surface area contributed by atoms with Crippen LogP contribution in [-0.4, -0.2) is 43.2 Å². The molecule has 1 aromatic carbocycles. The molecule has 1 amide bonds. The predicted molar refractivity (Wildman–Crippen MR) is 103 cm³/mol. The second kappa shape index (κ2) is 7.04. The van der Waals surface area contributed by atoms with E-state index in [2.05, 4.69) is 29.3 Å². The third-order valence-electron chi connectivity index (χ3n) is 4.30. The zero-order chi connectivity index (χ0) is 18.1. The van der Waals surface area contributed by atoms with Gasteiger partial charge in [0.1, 0.15) is 0 Å². The van der Waals surface area contributed by atoms with Crippen molar-refractivity contribution in [1.82, 2.24) is 19.5 Å². The predicted octanol–water partition coefficient (Wildman–Crippen LogP) is 3.93. The third kappa shape index (κ3) is 3.35. The molecule has 3 rings (SSSR count). The highest BCUT2D eigenvalue weighted by molar-refractivity contribution is 7.99. The SMILES string of the molecule is Cc1cc2nnc(SCC(=O)N(C(C)C)C(C)C)n2c2ccccc12. The van der Waals surface area contributed by atoms with Crippen LogP contribution in [0.2, 0.25) is 0 Å². The monoisotopic (exact) mass is 356 g/mol. The fourth-order valence-corrected chi connectivity index (χ4v) is 4.16. The van der Waals surface area contributed by atoms with Gasteiger partial charge in [-0.15, -0.1) is 10.2 Å². The van der Waals surface area contributed by atoms with E-state index in [9.17, 15) is 4.79 Å². The molecular weight excluding hydrogens is 332 g/mol. The fraction of sp³-hybridized carbons (Fsp3) is 0.421. The highest BCUT2D eigenvalue weighted by atomic mass is 32.2. The van der Waals surface area contributed by atoms with Gasteiger partial charge >= 0.3 is 0 Å². The highest BCUT2D eigenvalue weighted by Gasteiger charge is 2.21. The summed E-state index contributed by atoms with van der Waals surface area (Å²) in [6.07, 6.45) is 0. The van der Waals surface area contributed by atoms with E-state index in [4.69, 9.17) is 0 Å². The Kier molecular flexibility index (Phi) is 4.99. The normalized spacial score (nSPS) is 11.8. The van der Waals surface area contributed by atoms with Crippen LogP contribution in [-0.2, 0) is 4.79 Å². The molecule has 0 aliphatic rings. The van der Waals surface area contributed by atoms with Gasteiger partial charge in [-0.2, -0.15) is 0 Å². The molecule has 0 radical (unpaired) electrons. The second-order valence-corrected chi connectivity index (χ2v) is 7.74. The average Bonchev–Trinajstić information content (AvgIpc) is 2.95. The smallest absolute Gasteiger partial charge is 0.233 e. The van der Waals surface area contributed by atoms with Crippen LogP contribution in [0.5, 0.6) is 0 Å². The summed E-state index contributed by atoms with van der Waals surface area (Å²) in [5.74, 6) is 0.488. The van der Waals surface area contributed by atoms with E-state index in [0.29, 0.717) is 5.75 Å². The number of hydrogen-bond acceptors (Lipinski definition) is 4. The van der Waals surface area contributed by atoms with Crippen molar-refractivity contribution in [3.8, 4) is 0 Å². The van der Waals surface area contributed by atoms with Gasteiger partial charge in [0.25, 0.3) is 0 Å². The van der Waals surface area contributed by atoms with Crippen LogP contribution < -0.4 is 0 Å². The molecular formula is C19H24N4OS. The summed E-state index contributed by atoms with van der Waals surface area (Å²) in [4.78, 5) is 14.5. The number of pyridine rings is 1. The number of nitrogens with zero attached hydrogens (tertiary/aromatic N) is 4. The quantitative estimate of drug-likeness (QED) is 0.650. The molecule has 0 unspecified atom stereocenters. The molecule has 0 fully saturated rings. The summed E-state index contributed by atoms with van der Waals surface area (Å²) < 4.78 is 2.04. The molecule has 132 valence electrons. The number of aryl methyl sites for hydroxylation is 1. The molecule has 2 aromatic heterocycles. The van der Waals surface area contributed by atoms with Crippen LogP contribution in [0.4, 0.5) is 0 Å². The van der Waals surface area contributed by atoms with Gasteiger partial charge in [0.2, 0.25) is 5.91 Å². The number of carbonyl (C=O) groups excluding carboxylic acids is 1. The van der Waals surface area contributed by atoms with Gasteiger partial charge in [-0.05, 0) is 52.3 Å². The maximum atomic E-state index is 12.6. The number of amides is 1. The summed E-state index contributed by atoms with van der Waals surface area (Å²) in [7, 11) is 0. The van der Waals surface area contributed by atoms with Crippen molar-refractivity contribution in [3.05, 3.63) is 35.9 Å². The number of thioether (sulfide) groups is 1. The minimum absolute atomic E-state index is 0.128. The van der Waals surface area contributed by atoms with Crippen molar-refractivity contribution in [1.29, 1.82) is 0 Å². The summed E-state index contributed by atoms with van der Waals surface area (Å²) in [5, 5.41) is 10.5. The number of rotatable bonds is 5. The summed E-state index contributed by atoms with van der Waals surface area (Å²) in [5.41, 5.74) is 3.06. The lowest BCUT2D eigenvalue weighted by Crippen LogP contribution is -2.43. The second-order valence-electron chi connectivity index (χ2n) is 6.80. The van der Waals surface area contributed by atoms with E-state index < -0.39 is 0 Å². The zero-order valence-electron chi connectivity index (χ0n) is 15.4. The first kappa shape index (κ1) is 17.7. The molecule has 0 saturated heterocycles. The Balaban J connectivity index is 1.93. The molecule has 0 bridgehead atoms. The number of carbonyl (C=O) groups is 1. The number of fused-ring (bicyclic) bond motifs is 3. The zero-order valence-corrected chi connectivity index (χ0v) is 16.2. The molecule has 0 spiro atoms. The Bertz CT molecular complexity index is 908. The van der Waals surface area contributed by atoms with Crippen LogP contribution in [0, 0.1) is 6.92 Å². The van der Waals surface area contributed by atoms with Gasteiger partial charge < -0.3 is 4.90 Å². The Morgan fingerprint density at radius 1 is 1.16 bits per heavy atom. The average molecular weight is 356 g/mol. The van der Waals surface area contributed by atoms with Crippen LogP contribution >= 0.6 is 11.8 Å². The minimum Gasteiger partial charge on any atom is -0.337 e. The van der Waals surface area contributed by atoms with E-state index in [-0.39, 0.29) is 18.0 Å². The molecule has 0 N–H and O–H groups in total. The maximum absolute atomic E-state index is 12.6. The van der Waals surface area contributed by atoms with Gasteiger partial charge in [0.15, 0.2) is 10.8 Å². The number of benzene rings is 1. The van der Waals surface area contributed by atoms with Crippen molar-refractivity contribution in [2.75, 3.05) is 5.75 Å². The van der Waals surface area contributed by atoms with E-state index in [1.165, 1.54) is 22.7 Å². The third-order valence-corrected chi connectivity index (χ3v) is 5.21. The maximum Gasteiger partial charge on any atom is 0.233 e. The van der Waals surface area contributed by atoms with Crippen LogP contribution in [0.25, 0.3) is 16.6 Å². The first-order valence-corrected chi connectivity index (χ1v) is 9.56. The largest absolute Gasteiger partial charge is 0.337 e. The molecule has 0 aliphatic heterocycles. The van der Waals surface area contributed by atoms with E-state index in [0.717, 1.165) is 16.3 Å². The van der Waals surface area contributed by atoms with Gasteiger partial charge in [-0.3, -0.25) is 9.20 Å². The Labute approximate surface area is 152 Å². The molecule has 25 heavy (non-hydrogen) atoms. The molecule has 0 saturated carbocycles. The summed E-state index contributed by atoms with van der Waals surface area (Å²) >= 11 is 1.45. The van der Waals surface area contributed by atoms with Gasteiger partial charge in [-0.25, -0.2) is 0 Å². The first-order chi connectivity index (χ1) is 11.9. The van der Waals surface area contributed by atoms with Crippen LogP contribution in [0.1, 0.15) is 33.3 Å². The molecule has 5 nitrogen and oxygen atoms in total. The van der Waals surface area contributed by atoms with Crippen molar-refractivity contribution in [2.24, 2.45) is 0 Å². The molecule has 6 heteroatoms. The number of aromatic nitrogens is 3. The van der Waals surface area contributed by atoms with Crippen molar-refractivity contribution in [2.45, 2.75) is 51.9 Å². The minimum atomic E-state index is 0.128. The first-order valence-electron chi connectivity index (χ1n) is 8.57. The lowest BCUT2D eigenvalue weighted by molar-refractivity contribution is -0.131. The number of para-hydroxylation sites is 1. The fourth-order valence-electron chi connectivity index (χ4n) is 3.34. The van der Waals surface area contributed by atoms with Gasteiger partial charge in [0.05, 0.1) is 11.3 Å². The lowest BCUT2D eigenvalue weighted by atomic mass is 10.1. The van der Waals surface area contributed by atoms with Gasteiger partial charge in [-0.1, -0.05) is 30.0 Å². The summed E-state index contributed by atoms with van der Waals surface area (Å²) in [6, 6.07) is 10.6.